The molecular weight excluding hydrogens is 410 g/mol. The second kappa shape index (κ2) is 14.1. The van der Waals surface area contributed by atoms with Crippen molar-refractivity contribution < 1.29 is 28.6 Å². The molecule has 0 radical (unpaired) electrons. The van der Waals surface area contributed by atoms with E-state index in [0.717, 1.165) is 43.4 Å². The van der Waals surface area contributed by atoms with E-state index in [1.807, 2.05) is 13.0 Å². The van der Waals surface area contributed by atoms with Gasteiger partial charge >= 0.3 is 11.9 Å². The number of rotatable bonds is 11. The van der Waals surface area contributed by atoms with Gasteiger partial charge in [-0.3, -0.25) is 19.9 Å². The van der Waals surface area contributed by atoms with Crippen LogP contribution in [0.2, 0.25) is 0 Å². The third-order valence-corrected chi connectivity index (χ3v) is 5.64. The molecule has 1 rings (SSSR count). The molecule has 1 aliphatic rings. The third kappa shape index (κ3) is 10.5. The molecule has 1 aliphatic heterocycles. The Balaban J connectivity index is 2.86. The van der Waals surface area contributed by atoms with E-state index in [-0.39, 0.29) is 24.6 Å². The van der Waals surface area contributed by atoms with Crippen molar-refractivity contribution in [1.82, 2.24) is 5.48 Å². The standard InChI is InChI=1S/C25H41NO6/c1-18(2)10-12-23(26-29-7)19(3)9-8-15-25(6)24(32-21(5)28)13-11-22(17-31-25)14-16-30-20(4)27/h10,14,24,26H,8-9,11-13,15-17H2,1-7H3/t24-,25+/m1/s1. The van der Waals surface area contributed by atoms with E-state index >= 15 is 0 Å². The van der Waals surface area contributed by atoms with Gasteiger partial charge in [0.25, 0.3) is 0 Å². The number of ether oxygens (including phenoxy) is 3. The predicted molar refractivity (Wildman–Crippen MR) is 125 cm³/mol. The Morgan fingerprint density at radius 3 is 2.50 bits per heavy atom. The molecule has 1 saturated heterocycles. The minimum absolute atomic E-state index is 0.230. The van der Waals surface area contributed by atoms with Crippen LogP contribution in [0.15, 0.2) is 34.6 Å². The van der Waals surface area contributed by atoms with Crippen LogP contribution < -0.4 is 5.48 Å². The van der Waals surface area contributed by atoms with Crippen molar-refractivity contribution in [2.45, 2.75) is 91.8 Å². The highest BCUT2D eigenvalue weighted by Gasteiger charge is 2.39. The SMILES string of the molecule is CONC(CC=C(C)C)=C(C)CCC[C@]1(C)OCC(=CCOC(C)=O)CC[C@H]1OC(C)=O. The van der Waals surface area contributed by atoms with Crippen LogP contribution in [0.1, 0.15) is 80.1 Å². The first-order valence-corrected chi connectivity index (χ1v) is 11.3. The third-order valence-electron chi connectivity index (χ3n) is 5.64. The van der Waals surface area contributed by atoms with E-state index in [4.69, 9.17) is 19.0 Å². The molecule has 0 aromatic carbocycles. The number of hydroxylamine groups is 1. The zero-order valence-electron chi connectivity index (χ0n) is 20.8. The molecule has 7 nitrogen and oxygen atoms in total. The molecule has 182 valence electrons. The minimum Gasteiger partial charge on any atom is -0.462 e. The Hall–Kier alpha value is -2.12. The lowest BCUT2D eigenvalue weighted by Crippen LogP contribution is -2.43. The summed E-state index contributed by atoms with van der Waals surface area (Å²) in [5, 5.41) is 0. The topological polar surface area (TPSA) is 83.1 Å². The Morgan fingerprint density at radius 2 is 1.91 bits per heavy atom. The van der Waals surface area contributed by atoms with E-state index in [0.29, 0.717) is 13.0 Å². The number of carbonyl (C=O) groups is 2. The predicted octanol–water partition coefficient (Wildman–Crippen LogP) is 4.93. The Bertz CT molecular complexity index is 720. The van der Waals surface area contributed by atoms with Crippen molar-refractivity contribution >= 4 is 11.9 Å². The van der Waals surface area contributed by atoms with Crippen LogP contribution in [0.3, 0.4) is 0 Å². The highest BCUT2D eigenvalue weighted by molar-refractivity contribution is 5.66. The summed E-state index contributed by atoms with van der Waals surface area (Å²) in [5.41, 5.74) is 7.02. The molecule has 1 heterocycles. The maximum Gasteiger partial charge on any atom is 0.303 e. The number of carbonyl (C=O) groups excluding carboxylic acids is 2. The van der Waals surface area contributed by atoms with E-state index < -0.39 is 5.60 Å². The van der Waals surface area contributed by atoms with Crippen molar-refractivity contribution in [3.05, 3.63) is 34.6 Å². The molecule has 0 saturated carbocycles. The zero-order chi connectivity index (χ0) is 24.1. The normalized spacial score (nSPS) is 23.1. The van der Waals surface area contributed by atoms with Crippen molar-refractivity contribution in [3.8, 4) is 0 Å². The van der Waals surface area contributed by atoms with Gasteiger partial charge in [0.05, 0.1) is 13.7 Å². The summed E-state index contributed by atoms with van der Waals surface area (Å²) >= 11 is 0. The molecule has 7 heteroatoms. The largest absolute Gasteiger partial charge is 0.462 e. The van der Waals surface area contributed by atoms with Crippen molar-refractivity contribution in [2.24, 2.45) is 0 Å². The van der Waals surface area contributed by atoms with E-state index in [1.165, 1.54) is 25.0 Å². The first kappa shape index (κ1) is 27.9. The highest BCUT2D eigenvalue weighted by atomic mass is 16.6. The number of nitrogens with one attached hydrogen (secondary N) is 1. The number of hydrogen-bond donors (Lipinski definition) is 1. The maximum absolute atomic E-state index is 11.7. The number of allylic oxidation sites excluding steroid dienone is 3. The van der Waals surface area contributed by atoms with Gasteiger partial charge in [0.2, 0.25) is 0 Å². The van der Waals surface area contributed by atoms with E-state index in [1.54, 1.807) is 7.11 Å². The molecule has 2 atom stereocenters. The molecule has 1 fully saturated rings. The van der Waals surface area contributed by atoms with Crippen LogP contribution in [-0.2, 0) is 28.6 Å². The van der Waals surface area contributed by atoms with Gasteiger partial charge in [-0.05, 0) is 71.4 Å². The number of esters is 2. The van der Waals surface area contributed by atoms with Crippen LogP contribution in [0.5, 0.6) is 0 Å². The van der Waals surface area contributed by atoms with Gasteiger partial charge < -0.3 is 14.2 Å². The highest BCUT2D eigenvalue weighted by Crippen LogP contribution is 2.34. The average Bonchev–Trinajstić information content (AvgIpc) is 2.84. The molecule has 0 amide bonds. The summed E-state index contributed by atoms with van der Waals surface area (Å²) < 4.78 is 17.0. The van der Waals surface area contributed by atoms with Crippen LogP contribution in [0.25, 0.3) is 0 Å². The lowest BCUT2D eigenvalue weighted by molar-refractivity contribution is -0.167. The Kier molecular flexibility index (Phi) is 12.3. The van der Waals surface area contributed by atoms with E-state index in [2.05, 4.69) is 32.3 Å². The summed E-state index contributed by atoms with van der Waals surface area (Å²) in [6.07, 6.45) is 8.44. The van der Waals surface area contributed by atoms with Gasteiger partial charge in [-0.2, -0.15) is 0 Å². The van der Waals surface area contributed by atoms with Crippen molar-refractivity contribution in [3.63, 3.8) is 0 Å². The molecule has 0 bridgehead atoms. The van der Waals surface area contributed by atoms with Gasteiger partial charge in [0, 0.05) is 26.0 Å². The Labute approximate surface area is 193 Å². The second-order valence-corrected chi connectivity index (χ2v) is 8.81. The van der Waals surface area contributed by atoms with Crippen LogP contribution in [0.4, 0.5) is 0 Å². The van der Waals surface area contributed by atoms with Crippen LogP contribution >= 0.6 is 0 Å². The summed E-state index contributed by atoms with van der Waals surface area (Å²) in [6, 6.07) is 0. The van der Waals surface area contributed by atoms with E-state index in [9.17, 15) is 9.59 Å². The fourth-order valence-electron chi connectivity index (χ4n) is 3.69. The molecule has 0 spiro atoms. The maximum atomic E-state index is 11.7. The van der Waals surface area contributed by atoms with Gasteiger partial charge in [-0.1, -0.05) is 17.2 Å². The van der Waals surface area contributed by atoms with Crippen molar-refractivity contribution in [2.75, 3.05) is 20.3 Å². The minimum atomic E-state index is -0.586. The molecule has 0 aromatic heterocycles. The smallest absolute Gasteiger partial charge is 0.303 e. The second-order valence-electron chi connectivity index (χ2n) is 8.81. The zero-order valence-corrected chi connectivity index (χ0v) is 20.8. The summed E-state index contributed by atoms with van der Waals surface area (Å²) in [5.74, 6) is -0.615. The van der Waals surface area contributed by atoms with Gasteiger partial charge in [-0.15, -0.1) is 0 Å². The summed E-state index contributed by atoms with van der Waals surface area (Å²) in [6.45, 7) is 11.8. The number of hydrogen-bond acceptors (Lipinski definition) is 7. The molecular formula is C25H41NO6. The van der Waals surface area contributed by atoms with Crippen LogP contribution in [0, 0.1) is 0 Å². The molecule has 32 heavy (non-hydrogen) atoms. The molecule has 0 aliphatic carbocycles. The lowest BCUT2D eigenvalue weighted by atomic mass is 9.88. The molecule has 1 N–H and O–H groups in total. The van der Waals surface area contributed by atoms with Crippen LogP contribution in [-0.4, -0.2) is 44.0 Å². The summed E-state index contributed by atoms with van der Waals surface area (Å²) in [7, 11) is 1.62. The monoisotopic (exact) mass is 451 g/mol. The van der Waals surface area contributed by atoms with Gasteiger partial charge in [-0.25, -0.2) is 0 Å². The van der Waals surface area contributed by atoms with Gasteiger partial charge in [0.15, 0.2) is 0 Å². The lowest BCUT2D eigenvalue weighted by Gasteiger charge is -2.35. The van der Waals surface area contributed by atoms with Gasteiger partial charge in [0.1, 0.15) is 18.3 Å². The summed E-state index contributed by atoms with van der Waals surface area (Å²) in [4.78, 5) is 27.9. The quantitative estimate of drug-likeness (QED) is 0.271. The Morgan fingerprint density at radius 1 is 1.19 bits per heavy atom. The first-order chi connectivity index (χ1) is 15.1. The van der Waals surface area contributed by atoms with Crippen molar-refractivity contribution in [1.29, 1.82) is 0 Å². The fourth-order valence-corrected chi connectivity index (χ4v) is 3.69. The fraction of sp³-hybridized carbons (Fsp3) is 0.680. The first-order valence-electron chi connectivity index (χ1n) is 11.3. The average molecular weight is 452 g/mol. The molecule has 0 unspecified atom stereocenters. The molecule has 0 aromatic rings.